The van der Waals surface area contributed by atoms with Gasteiger partial charge in [-0.3, -0.25) is 4.98 Å². The molecule has 2 aliphatic rings. The molecule has 128 valence electrons. The maximum absolute atomic E-state index is 5.72. The van der Waals surface area contributed by atoms with Gasteiger partial charge in [0.05, 0.1) is 17.6 Å². The molecule has 1 aromatic heterocycles. The van der Waals surface area contributed by atoms with E-state index in [9.17, 15) is 0 Å². The maximum atomic E-state index is 5.72. The molecule has 1 saturated carbocycles. The Morgan fingerprint density at radius 3 is 2.43 bits per heavy atom. The van der Waals surface area contributed by atoms with Crippen molar-refractivity contribution in [3.05, 3.63) is 30.1 Å². The van der Waals surface area contributed by atoms with Gasteiger partial charge in [-0.05, 0) is 74.0 Å². The van der Waals surface area contributed by atoms with Crippen LogP contribution < -0.4 is 5.73 Å². The number of hydrogen-bond acceptors (Lipinski definition) is 2. The van der Waals surface area contributed by atoms with Crippen molar-refractivity contribution in [2.75, 3.05) is 5.73 Å². The van der Waals surface area contributed by atoms with Gasteiger partial charge in [0.25, 0.3) is 0 Å². The molecule has 2 N–H and O–H groups in total. The highest BCUT2D eigenvalue weighted by atomic mass is 14.7. The van der Waals surface area contributed by atoms with Gasteiger partial charge in [-0.1, -0.05) is 39.7 Å². The first kappa shape index (κ1) is 18.0. The predicted molar refractivity (Wildman–Crippen MR) is 101 cm³/mol. The number of nitrogens with two attached hydrogens (primary N) is 1. The van der Waals surface area contributed by atoms with Gasteiger partial charge in [0.2, 0.25) is 0 Å². The smallest absolute Gasteiger partial charge is 0.0660 e. The zero-order valence-corrected chi connectivity index (χ0v) is 15.3. The molecule has 2 nitrogen and oxygen atoms in total. The van der Waals surface area contributed by atoms with Crippen LogP contribution in [0.25, 0.3) is 5.57 Å². The summed E-state index contributed by atoms with van der Waals surface area (Å²) in [5.74, 6) is 1.00. The lowest BCUT2D eigenvalue weighted by molar-refractivity contribution is 0.132. The molecule has 23 heavy (non-hydrogen) atoms. The fraction of sp³-hybridized carbons (Fsp3) is 0.667. The van der Waals surface area contributed by atoms with E-state index in [0.29, 0.717) is 5.41 Å². The average molecular weight is 315 g/mol. The average Bonchev–Trinajstić information content (AvgIpc) is 2.61. The summed E-state index contributed by atoms with van der Waals surface area (Å²) in [6, 6.07) is 4.03. The van der Waals surface area contributed by atoms with Crippen molar-refractivity contribution >= 4 is 11.3 Å². The van der Waals surface area contributed by atoms with E-state index in [2.05, 4.69) is 24.1 Å². The molecule has 1 heterocycles. The zero-order valence-electron chi connectivity index (χ0n) is 15.3. The van der Waals surface area contributed by atoms with Crippen molar-refractivity contribution in [3.8, 4) is 0 Å². The Hall–Kier alpha value is -1.31. The van der Waals surface area contributed by atoms with Gasteiger partial charge < -0.3 is 5.73 Å². The van der Waals surface area contributed by atoms with E-state index in [0.717, 1.165) is 17.3 Å². The van der Waals surface area contributed by atoms with Crippen molar-refractivity contribution in [3.63, 3.8) is 0 Å². The topological polar surface area (TPSA) is 38.9 Å². The van der Waals surface area contributed by atoms with Crippen LogP contribution in [0.15, 0.2) is 24.4 Å². The third-order valence-electron chi connectivity index (χ3n) is 5.68. The van der Waals surface area contributed by atoms with E-state index in [1.165, 1.54) is 63.4 Å². The minimum Gasteiger partial charge on any atom is -0.397 e. The molecule has 1 fully saturated rings. The Bertz CT molecular complexity index is 493. The lowest BCUT2D eigenvalue weighted by atomic mass is 9.63. The Balaban J connectivity index is 0.000000924. The molecule has 2 heteroatoms. The summed E-state index contributed by atoms with van der Waals surface area (Å²) in [7, 11) is 0. The summed E-state index contributed by atoms with van der Waals surface area (Å²) in [6.45, 7) is 6.32. The fourth-order valence-corrected chi connectivity index (χ4v) is 4.21. The number of nitrogen functional groups attached to an aromatic ring is 1. The molecule has 0 amide bonds. The maximum Gasteiger partial charge on any atom is 0.0660 e. The number of hydrogen-bond donors (Lipinski definition) is 1. The highest BCUT2D eigenvalue weighted by Gasteiger charge is 2.36. The van der Waals surface area contributed by atoms with Crippen LogP contribution in [-0.2, 0) is 0 Å². The summed E-state index contributed by atoms with van der Waals surface area (Å²) in [5, 5.41) is 0. The van der Waals surface area contributed by atoms with E-state index in [1.54, 1.807) is 6.20 Å². The molecule has 0 saturated heterocycles. The quantitative estimate of drug-likeness (QED) is 0.717. The van der Waals surface area contributed by atoms with E-state index >= 15 is 0 Å². The SMILES string of the molecule is CC.CCCC1CCC2(CC=C(c3ccc(N)cn3)CC2)CC1. The van der Waals surface area contributed by atoms with Crippen molar-refractivity contribution in [1.29, 1.82) is 0 Å². The van der Waals surface area contributed by atoms with Crippen molar-refractivity contribution < 1.29 is 0 Å². The van der Waals surface area contributed by atoms with Crippen LogP contribution >= 0.6 is 0 Å². The summed E-state index contributed by atoms with van der Waals surface area (Å²) < 4.78 is 0. The standard InChI is InChI=1S/C19H28N2.C2H6/c1-2-3-15-6-10-19(11-7-15)12-8-16(9-13-19)18-5-4-17(20)14-21-18;1-2/h4-5,8,14-15H,2-3,6-7,9-13,20H2,1H3;1-2H3. The first-order chi connectivity index (χ1) is 11.2. The molecular weight excluding hydrogens is 280 g/mol. The van der Waals surface area contributed by atoms with Crippen LogP contribution in [-0.4, -0.2) is 4.98 Å². The Morgan fingerprint density at radius 1 is 1.17 bits per heavy atom. The van der Waals surface area contributed by atoms with Gasteiger partial charge in [0.15, 0.2) is 0 Å². The Morgan fingerprint density at radius 2 is 1.91 bits per heavy atom. The second-order valence-electron chi connectivity index (χ2n) is 7.14. The molecule has 0 radical (unpaired) electrons. The summed E-state index contributed by atoms with van der Waals surface area (Å²) in [6.07, 6.45) is 16.6. The summed E-state index contributed by atoms with van der Waals surface area (Å²) in [5.41, 5.74) is 9.64. The van der Waals surface area contributed by atoms with Crippen LogP contribution in [0.1, 0.15) is 84.3 Å². The first-order valence-electron chi connectivity index (χ1n) is 9.62. The third kappa shape index (κ3) is 4.59. The number of aromatic nitrogens is 1. The lowest BCUT2D eigenvalue weighted by Crippen LogP contribution is -2.29. The summed E-state index contributed by atoms with van der Waals surface area (Å²) in [4.78, 5) is 4.48. The van der Waals surface area contributed by atoms with Crippen LogP contribution in [0.4, 0.5) is 5.69 Å². The van der Waals surface area contributed by atoms with E-state index in [4.69, 9.17) is 5.73 Å². The molecule has 1 spiro atoms. The van der Waals surface area contributed by atoms with Gasteiger partial charge in [-0.2, -0.15) is 0 Å². The largest absolute Gasteiger partial charge is 0.397 e. The van der Waals surface area contributed by atoms with Crippen LogP contribution in [0.5, 0.6) is 0 Å². The second-order valence-corrected chi connectivity index (χ2v) is 7.14. The molecule has 0 bridgehead atoms. The lowest BCUT2D eigenvalue weighted by Gasteiger charge is -2.42. The van der Waals surface area contributed by atoms with Crippen molar-refractivity contribution in [2.24, 2.45) is 11.3 Å². The van der Waals surface area contributed by atoms with Crippen LogP contribution in [0.3, 0.4) is 0 Å². The number of pyridine rings is 1. The van der Waals surface area contributed by atoms with Gasteiger partial charge in [-0.15, -0.1) is 0 Å². The molecule has 0 aliphatic heterocycles. The Kier molecular flexibility index (Phi) is 6.68. The van der Waals surface area contributed by atoms with E-state index < -0.39 is 0 Å². The molecular formula is C21H34N2. The number of allylic oxidation sites excluding steroid dienone is 2. The monoisotopic (exact) mass is 314 g/mol. The highest BCUT2D eigenvalue weighted by molar-refractivity contribution is 5.64. The van der Waals surface area contributed by atoms with Crippen molar-refractivity contribution in [1.82, 2.24) is 4.98 Å². The minimum absolute atomic E-state index is 0.613. The van der Waals surface area contributed by atoms with Crippen molar-refractivity contribution in [2.45, 2.75) is 78.6 Å². The second kappa shape index (κ2) is 8.52. The van der Waals surface area contributed by atoms with Crippen LogP contribution in [0, 0.1) is 11.3 Å². The van der Waals surface area contributed by atoms with Gasteiger partial charge >= 0.3 is 0 Å². The molecule has 3 rings (SSSR count). The van der Waals surface area contributed by atoms with Crippen LogP contribution in [0.2, 0.25) is 0 Å². The normalized spacial score (nSPS) is 27.1. The fourth-order valence-electron chi connectivity index (χ4n) is 4.21. The van der Waals surface area contributed by atoms with Gasteiger partial charge in [-0.25, -0.2) is 0 Å². The molecule has 0 aromatic carbocycles. The molecule has 0 atom stereocenters. The Labute approximate surface area is 142 Å². The molecule has 0 unspecified atom stereocenters. The van der Waals surface area contributed by atoms with E-state index in [1.807, 2.05) is 19.9 Å². The third-order valence-corrected chi connectivity index (χ3v) is 5.68. The molecule has 1 aromatic rings. The minimum atomic E-state index is 0.613. The first-order valence-corrected chi connectivity index (χ1v) is 9.62. The number of nitrogens with zero attached hydrogens (tertiary/aromatic N) is 1. The molecule has 2 aliphatic carbocycles. The number of rotatable bonds is 3. The van der Waals surface area contributed by atoms with Gasteiger partial charge in [0.1, 0.15) is 0 Å². The predicted octanol–water partition coefficient (Wildman–Crippen LogP) is 6.23. The highest BCUT2D eigenvalue weighted by Crippen LogP contribution is 2.50. The number of anilines is 1. The zero-order chi connectivity index (χ0) is 16.7. The van der Waals surface area contributed by atoms with Gasteiger partial charge in [0, 0.05) is 0 Å². The summed E-state index contributed by atoms with van der Waals surface area (Å²) >= 11 is 0. The van der Waals surface area contributed by atoms with E-state index in [-0.39, 0.29) is 0 Å².